The molecule has 0 saturated heterocycles. The van der Waals surface area contributed by atoms with Gasteiger partial charge in [0.05, 0.1) is 0 Å². The molecule has 0 amide bonds. The summed E-state index contributed by atoms with van der Waals surface area (Å²) in [6, 6.07) is 8.83. The highest BCUT2D eigenvalue weighted by Gasteiger charge is 2.31. The summed E-state index contributed by atoms with van der Waals surface area (Å²) >= 11 is 0. The molecule has 1 nitrogen and oxygen atoms in total. The van der Waals surface area contributed by atoms with Gasteiger partial charge in [0.2, 0.25) is 0 Å². The Morgan fingerprint density at radius 1 is 1.35 bits per heavy atom. The van der Waals surface area contributed by atoms with E-state index in [1.807, 2.05) is 0 Å². The van der Waals surface area contributed by atoms with Gasteiger partial charge in [0.15, 0.2) is 0 Å². The normalized spacial score (nSPS) is 24.6. The number of hydrogen-bond donors (Lipinski definition) is 0. The Hall–Kier alpha value is -1.11. The molecule has 0 heterocycles. The van der Waals surface area contributed by atoms with Crippen molar-refractivity contribution in [3.8, 4) is 0 Å². The largest absolute Gasteiger partial charge is 0.299 e. The van der Waals surface area contributed by atoms with Crippen LogP contribution in [0.1, 0.15) is 50.7 Å². The molecule has 0 spiro atoms. The van der Waals surface area contributed by atoms with E-state index >= 15 is 0 Å². The fourth-order valence-electron chi connectivity index (χ4n) is 2.88. The summed E-state index contributed by atoms with van der Waals surface area (Å²) in [7, 11) is 0. The highest BCUT2D eigenvalue weighted by molar-refractivity contribution is 5.84. The zero-order valence-corrected chi connectivity index (χ0v) is 11.1. The van der Waals surface area contributed by atoms with Crippen molar-refractivity contribution in [2.45, 2.75) is 46.0 Å². The molecule has 1 heteroatoms. The van der Waals surface area contributed by atoms with Gasteiger partial charge in [0.25, 0.3) is 0 Å². The molecule has 0 bridgehead atoms. The predicted molar refractivity (Wildman–Crippen MR) is 71.1 cm³/mol. The van der Waals surface area contributed by atoms with Crippen molar-refractivity contribution in [2.75, 3.05) is 0 Å². The maximum absolute atomic E-state index is 11.6. The lowest BCUT2D eigenvalue weighted by molar-refractivity contribution is -0.120. The van der Waals surface area contributed by atoms with Gasteiger partial charge in [-0.05, 0) is 35.8 Å². The second-order valence-corrected chi connectivity index (χ2v) is 5.74. The van der Waals surface area contributed by atoms with Crippen LogP contribution in [-0.4, -0.2) is 5.78 Å². The van der Waals surface area contributed by atoms with Crippen LogP contribution in [0.4, 0.5) is 0 Å². The van der Waals surface area contributed by atoms with Gasteiger partial charge < -0.3 is 0 Å². The third-order valence-corrected chi connectivity index (χ3v) is 3.84. The predicted octanol–water partition coefficient (Wildman–Crippen LogP) is 3.97. The quantitative estimate of drug-likeness (QED) is 0.768. The van der Waals surface area contributed by atoms with Crippen LogP contribution in [0.3, 0.4) is 0 Å². The Labute approximate surface area is 104 Å². The first-order valence-electron chi connectivity index (χ1n) is 6.69. The van der Waals surface area contributed by atoms with E-state index in [-0.39, 0.29) is 5.92 Å². The minimum absolute atomic E-state index is 0.212. The van der Waals surface area contributed by atoms with Crippen LogP contribution < -0.4 is 0 Å². The molecule has 2 atom stereocenters. The topological polar surface area (TPSA) is 17.1 Å². The van der Waals surface area contributed by atoms with Gasteiger partial charge in [-0.15, -0.1) is 0 Å². The Bertz CT molecular complexity index is 406. The highest BCUT2D eigenvalue weighted by atomic mass is 16.1. The molecule has 1 saturated carbocycles. The molecule has 0 N–H and O–H groups in total. The van der Waals surface area contributed by atoms with Gasteiger partial charge in [-0.2, -0.15) is 0 Å². The smallest absolute Gasteiger partial charge is 0.136 e. The van der Waals surface area contributed by atoms with E-state index in [9.17, 15) is 4.79 Å². The number of hydrogen-bond acceptors (Lipinski definition) is 1. The first-order chi connectivity index (χ1) is 8.08. The van der Waals surface area contributed by atoms with Crippen molar-refractivity contribution in [1.82, 2.24) is 0 Å². The Balaban J connectivity index is 2.18. The summed E-state index contributed by atoms with van der Waals surface area (Å²) in [6.45, 7) is 6.57. The molecule has 2 unspecified atom stereocenters. The van der Waals surface area contributed by atoms with Crippen LogP contribution in [0.5, 0.6) is 0 Å². The highest BCUT2D eigenvalue weighted by Crippen LogP contribution is 2.37. The van der Waals surface area contributed by atoms with E-state index in [1.165, 1.54) is 11.1 Å². The van der Waals surface area contributed by atoms with E-state index in [0.29, 0.717) is 17.6 Å². The molecule has 1 aromatic rings. The molecular formula is C16H22O. The van der Waals surface area contributed by atoms with Crippen LogP contribution in [0.2, 0.25) is 0 Å². The van der Waals surface area contributed by atoms with Crippen molar-refractivity contribution >= 4 is 5.78 Å². The zero-order chi connectivity index (χ0) is 12.4. The molecule has 17 heavy (non-hydrogen) atoms. The summed E-state index contributed by atoms with van der Waals surface area (Å²) in [6.07, 6.45) is 2.92. The van der Waals surface area contributed by atoms with Crippen LogP contribution >= 0.6 is 0 Å². The lowest BCUT2D eigenvalue weighted by Crippen LogP contribution is -2.09. The van der Waals surface area contributed by atoms with Gasteiger partial charge in [-0.3, -0.25) is 4.79 Å². The average molecular weight is 230 g/mol. The number of carbonyl (C=O) groups is 1. The van der Waals surface area contributed by atoms with Crippen LogP contribution in [0.25, 0.3) is 0 Å². The molecular weight excluding hydrogens is 208 g/mol. The van der Waals surface area contributed by atoms with Gasteiger partial charge in [-0.1, -0.05) is 45.0 Å². The minimum Gasteiger partial charge on any atom is -0.299 e. The summed E-state index contributed by atoms with van der Waals surface area (Å²) < 4.78 is 0. The fourth-order valence-corrected chi connectivity index (χ4v) is 2.88. The van der Waals surface area contributed by atoms with Gasteiger partial charge >= 0.3 is 0 Å². The monoisotopic (exact) mass is 230 g/mol. The minimum atomic E-state index is 0.212. The van der Waals surface area contributed by atoms with Gasteiger partial charge in [0, 0.05) is 12.3 Å². The molecule has 92 valence electrons. The second-order valence-electron chi connectivity index (χ2n) is 5.74. The first kappa shape index (κ1) is 12.3. The molecule has 0 aliphatic heterocycles. The third-order valence-electron chi connectivity index (χ3n) is 3.84. The first-order valence-corrected chi connectivity index (χ1v) is 6.69. The number of Topliss-reactive ketones (excluding diaryl/α,β-unsaturated/α-hetero) is 1. The lowest BCUT2D eigenvalue weighted by Gasteiger charge is -2.16. The maximum atomic E-state index is 11.6. The van der Waals surface area contributed by atoms with E-state index in [2.05, 4.69) is 45.0 Å². The Kier molecular flexibility index (Phi) is 3.66. The molecule has 1 aromatic carbocycles. The number of benzene rings is 1. The van der Waals surface area contributed by atoms with Crippen molar-refractivity contribution in [1.29, 1.82) is 0 Å². The number of carbonyl (C=O) groups excluding carboxylic acids is 1. The maximum Gasteiger partial charge on any atom is 0.136 e. The summed E-state index contributed by atoms with van der Waals surface area (Å²) in [4.78, 5) is 11.6. The standard InChI is InChI=1S/C16H22O/c1-11(2)9-13-5-4-6-14(10-13)15-7-8-16(17)12(15)3/h4-6,10-12,15H,7-9H2,1-3H3. The lowest BCUT2D eigenvalue weighted by atomic mass is 9.88. The number of ketones is 1. The summed E-state index contributed by atoms with van der Waals surface area (Å²) in [5, 5.41) is 0. The zero-order valence-electron chi connectivity index (χ0n) is 11.1. The molecule has 1 aliphatic carbocycles. The summed E-state index contributed by atoms with van der Waals surface area (Å²) in [5.41, 5.74) is 2.77. The summed E-state index contributed by atoms with van der Waals surface area (Å²) in [5.74, 6) is 1.79. The molecule has 0 radical (unpaired) electrons. The van der Waals surface area contributed by atoms with Crippen LogP contribution in [-0.2, 0) is 11.2 Å². The van der Waals surface area contributed by atoms with Crippen molar-refractivity contribution < 1.29 is 4.79 Å². The number of rotatable bonds is 3. The van der Waals surface area contributed by atoms with Crippen LogP contribution in [0, 0.1) is 11.8 Å². The third kappa shape index (κ3) is 2.77. The van der Waals surface area contributed by atoms with E-state index in [1.54, 1.807) is 0 Å². The molecule has 0 aromatic heterocycles. The van der Waals surface area contributed by atoms with Crippen molar-refractivity contribution in [3.63, 3.8) is 0 Å². The van der Waals surface area contributed by atoms with Crippen molar-refractivity contribution in [2.24, 2.45) is 11.8 Å². The molecule has 1 fully saturated rings. The van der Waals surface area contributed by atoms with Gasteiger partial charge in [0.1, 0.15) is 5.78 Å². The average Bonchev–Trinajstić information content (AvgIpc) is 2.59. The second kappa shape index (κ2) is 5.03. The van der Waals surface area contributed by atoms with E-state index < -0.39 is 0 Å². The molecule has 2 rings (SSSR count). The SMILES string of the molecule is CC(C)Cc1cccc(C2CCC(=O)C2C)c1. The van der Waals surface area contributed by atoms with Crippen LogP contribution in [0.15, 0.2) is 24.3 Å². The Morgan fingerprint density at radius 3 is 2.71 bits per heavy atom. The van der Waals surface area contributed by atoms with Crippen molar-refractivity contribution in [3.05, 3.63) is 35.4 Å². The molecule has 1 aliphatic rings. The van der Waals surface area contributed by atoms with Gasteiger partial charge in [-0.25, -0.2) is 0 Å². The fraction of sp³-hybridized carbons (Fsp3) is 0.562. The van der Waals surface area contributed by atoms with E-state index in [0.717, 1.165) is 19.3 Å². The van der Waals surface area contributed by atoms with E-state index in [4.69, 9.17) is 0 Å². The Morgan fingerprint density at radius 2 is 2.12 bits per heavy atom.